The molecular formula is C26H28NO5. The van der Waals surface area contributed by atoms with Crippen LogP contribution < -0.4 is 19.5 Å². The summed E-state index contributed by atoms with van der Waals surface area (Å²) in [4.78, 5) is 11.6. The fourth-order valence-corrected chi connectivity index (χ4v) is 2.76. The van der Waals surface area contributed by atoms with Crippen molar-refractivity contribution in [3.8, 4) is 23.0 Å². The van der Waals surface area contributed by atoms with Crippen molar-refractivity contribution in [1.29, 1.82) is 0 Å². The molecule has 0 saturated heterocycles. The lowest BCUT2D eigenvalue weighted by Crippen LogP contribution is -2.26. The van der Waals surface area contributed by atoms with Gasteiger partial charge in [0, 0.05) is 19.0 Å². The second-order valence-corrected chi connectivity index (χ2v) is 7.28. The highest BCUT2D eigenvalue weighted by atomic mass is 16.6. The summed E-state index contributed by atoms with van der Waals surface area (Å²) in [7, 11) is 0. The highest BCUT2D eigenvalue weighted by molar-refractivity contribution is 5.67. The molecule has 6 heteroatoms. The molecule has 0 aliphatic rings. The van der Waals surface area contributed by atoms with Crippen LogP contribution in [0.2, 0.25) is 0 Å². The van der Waals surface area contributed by atoms with Gasteiger partial charge in [0.05, 0.1) is 19.3 Å². The maximum absolute atomic E-state index is 11.6. The zero-order valence-electron chi connectivity index (χ0n) is 18.4. The Morgan fingerprint density at radius 3 is 2.28 bits per heavy atom. The topological polar surface area (TPSA) is 66.0 Å². The zero-order chi connectivity index (χ0) is 22.6. The molecule has 3 rings (SSSR count). The van der Waals surface area contributed by atoms with Crippen molar-refractivity contribution in [2.24, 2.45) is 0 Å². The van der Waals surface area contributed by atoms with E-state index in [1.807, 2.05) is 72.8 Å². The van der Waals surface area contributed by atoms with E-state index in [1.165, 1.54) is 0 Å². The summed E-state index contributed by atoms with van der Waals surface area (Å²) in [6, 6.07) is 25.9. The van der Waals surface area contributed by atoms with E-state index in [1.54, 1.807) is 13.8 Å². The summed E-state index contributed by atoms with van der Waals surface area (Å²) in [5.74, 6) is 2.96. The van der Waals surface area contributed by atoms with Gasteiger partial charge in [0.25, 0.3) is 0 Å². The monoisotopic (exact) mass is 434 g/mol. The maximum Gasteiger partial charge on any atom is 0.407 e. The number of carbonyl (C=O) groups excluding carboxylic acids is 1. The number of rotatable bonds is 11. The van der Waals surface area contributed by atoms with E-state index < -0.39 is 6.09 Å². The number of para-hydroxylation sites is 1. The molecule has 167 valence electrons. The second-order valence-electron chi connectivity index (χ2n) is 7.28. The summed E-state index contributed by atoms with van der Waals surface area (Å²) in [6.45, 7) is 4.97. The summed E-state index contributed by atoms with van der Waals surface area (Å²) in [5, 5.41) is 2.69. The van der Waals surface area contributed by atoms with Gasteiger partial charge in [-0.1, -0.05) is 30.3 Å². The lowest BCUT2D eigenvalue weighted by Gasteiger charge is -2.11. The average molecular weight is 435 g/mol. The summed E-state index contributed by atoms with van der Waals surface area (Å²) in [6.07, 6.45) is 0.118. The molecule has 0 aliphatic carbocycles. The predicted molar refractivity (Wildman–Crippen MR) is 122 cm³/mol. The van der Waals surface area contributed by atoms with Crippen LogP contribution in [-0.2, 0) is 11.3 Å². The number of hydrogen-bond acceptors (Lipinski definition) is 5. The number of benzene rings is 3. The molecule has 0 heterocycles. The van der Waals surface area contributed by atoms with Crippen LogP contribution in [-0.4, -0.2) is 25.4 Å². The van der Waals surface area contributed by atoms with Gasteiger partial charge in [-0.15, -0.1) is 0 Å². The largest absolute Gasteiger partial charge is 0.493 e. The zero-order valence-corrected chi connectivity index (χ0v) is 18.4. The number of ether oxygens (including phenoxy) is 4. The third-order valence-corrected chi connectivity index (χ3v) is 4.21. The molecule has 0 fully saturated rings. The van der Waals surface area contributed by atoms with Gasteiger partial charge < -0.3 is 24.3 Å². The first-order valence-corrected chi connectivity index (χ1v) is 10.6. The van der Waals surface area contributed by atoms with E-state index in [4.69, 9.17) is 18.9 Å². The van der Waals surface area contributed by atoms with Gasteiger partial charge in [0.15, 0.2) is 0 Å². The Labute approximate surface area is 189 Å². The molecule has 0 saturated carbocycles. The van der Waals surface area contributed by atoms with E-state index >= 15 is 0 Å². The van der Waals surface area contributed by atoms with Crippen LogP contribution >= 0.6 is 0 Å². The van der Waals surface area contributed by atoms with Crippen LogP contribution in [0.25, 0.3) is 0 Å². The Morgan fingerprint density at radius 2 is 1.53 bits per heavy atom. The molecule has 32 heavy (non-hydrogen) atoms. The molecule has 1 amide bonds. The molecule has 0 aromatic heterocycles. The minimum absolute atomic E-state index is 0.156. The number of alkyl carbamates (subject to hydrolysis) is 1. The van der Waals surface area contributed by atoms with Crippen molar-refractivity contribution in [1.82, 2.24) is 5.32 Å². The average Bonchev–Trinajstić information content (AvgIpc) is 2.79. The van der Waals surface area contributed by atoms with Gasteiger partial charge in [-0.25, -0.2) is 4.79 Å². The Balaban J connectivity index is 1.34. The van der Waals surface area contributed by atoms with Gasteiger partial charge in [-0.2, -0.15) is 0 Å². The molecule has 0 atom stereocenters. The van der Waals surface area contributed by atoms with Crippen molar-refractivity contribution >= 4 is 6.09 Å². The van der Waals surface area contributed by atoms with Crippen molar-refractivity contribution in [3.63, 3.8) is 0 Å². The molecule has 1 radical (unpaired) electrons. The number of amides is 1. The fourth-order valence-electron chi connectivity index (χ4n) is 2.76. The van der Waals surface area contributed by atoms with E-state index in [0.717, 1.165) is 29.2 Å². The molecule has 0 bridgehead atoms. The quantitative estimate of drug-likeness (QED) is 0.389. The SMILES string of the molecule is CC(C)OC(=O)NCc1[c]c(OCCCOc2ccc(Oc3ccccc3)cc2)ccc1. The van der Waals surface area contributed by atoms with Crippen LogP contribution in [0.1, 0.15) is 25.8 Å². The number of nitrogens with one attached hydrogen (secondary N) is 1. The van der Waals surface area contributed by atoms with Crippen molar-refractivity contribution in [2.45, 2.75) is 32.9 Å². The van der Waals surface area contributed by atoms with Gasteiger partial charge >= 0.3 is 6.09 Å². The molecule has 1 N–H and O–H groups in total. The normalized spacial score (nSPS) is 10.5. The lowest BCUT2D eigenvalue weighted by atomic mass is 10.2. The minimum Gasteiger partial charge on any atom is -0.493 e. The second kappa shape index (κ2) is 12.2. The smallest absolute Gasteiger partial charge is 0.407 e. The lowest BCUT2D eigenvalue weighted by molar-refractivity contribution is 0.115. The van der Waals surface area contributed by atoms with Crippen LogP contribution in [0.4, 0.5) is 4.79 Å². The van der Waals surface area contributed by atoms with E-state index in [2.05, 4.69) is 11.4 Å². The molecule has 6 nitrogen and oxygen atoms in total. The Hall–Kier alpha value is -3.67. The molecular weight excluding hydrogens is 406 g/mol. The van der Waals surface area contributed by atoms with Crippen LogP contribution in [0.5, 0.6) is 23.0 Å². The first-order chi connectivity index (χ1) is 15.6. The Bertz CT molecular complexity index is 957. The highest BCUT2D eigenvalue weighted by Crippen LogP contribution is 2.23. The van der Waals surface area contributed by atoms with Gasteiger partial charge in [-0.05, 0) is 61.9 Å². The first-order valence-electron chi connectivity index (χ1n) is 10.6. The Morgan fingerprint density at radius 1 is 0.844 bits per heavy atom. The van der Waals surface area contributed by atoms with Gasteiger partial charge in [0.1, 0.15) is 23.0 Å². The molecule has 3 aromatic rings. The number of hydrogen-bond donors (Lipinski definition) is 1. The van der Waals surface area contributed by atoms with Gasteiger partial charge in [0.2, 0.25) is 0 Å². The van der Waals surface area contributed by atoms with Crippen LogP contribution in [0, 0.1) is 6.07 Å². The standard InChI is InChI=1S/C26H28NO5/c1-20(2)31-26(28)27-19-21-8-6-11-25(18-21)30-17-7-16-29-22-12-14-24(15-13-22)32-23-9-4-3-5-10-23/h3-6,8-15,20H,7,16-17,19H2,1-2H3,(H,27,28). The maximum atomic E-state index is 11.6. The van der Waals surface area contributed by atoms with E-state index in [-0.39, 0.29) is 6.10 Å². The third-order valence-electron chi connectivity index (χ3n) is 4.21. The summed E-state index contributed by atoms with van der Waals surface area (Å²) < 4.78 is 22.3. The van der Waals surface area contributed by atoms with Crippen molar-refractivity contribution in [2.75, 3.05) is 13.2 Å². The van der Waals surface area contributed by atoms with Gasteiger partial charge in [-0.3, -0.25) is 0 Å². The van der Waals surface area contributed by atoms with Crippen molar-refractivity contribution in [3.05, 3.63) is 84.4 Å². The summed E-state index contributed by atoms with van der Waals surface area (Å²) >= 11 is 0. The van der Waals surface area contributed by atoms with E-state index in [0.29, 0.717) is 25.5 Å². The van der Waals surface area contributed by atoms with Crippen LogP contribution in [0.3, 0.4) is 0 Å². The minimum atomic E-state index is -0.448. The van der Waals surface area contributed by atoms with Crippen molar-refractivity contribution < 1.29 is 23.7 Å². The summed E-state index contributed by atoms with van der Waals surface area (Å²) in [5.41, 5.74) is 0.817. The highest BCUT2D eigenvalue weighted by Gasteiger charge is 2.05. The molecule has 0 unspecified atom stereocenters. The first kappa shape index (κ1) is 23.0. The third kappa shape index (κ3) is 8.22. The fraction of sp³-hybridized carbons (Fsp3) is 0.269. The molecule has 0 aliphatic heterocycles. The van der Waals surface area contributed by atoms with Crippen LogP contribution in [0.15, 0.2) is 72.8 Å². The number of carbonyl (C=O) groups is 1. The predicted octanol–water partition coefficient (Wildman–Crippen LogP) is 5.76. The molecule has 3 aromatic carbocycles. The Kier molecular flexibility index (Phi) is 8.80. The van der Waals surface area contributed by atoms with E-state index in [9.17, 15) is 4.79 Å². The molecule has 0 spiro atoms.